The van der Waals surface area contributed by atoms with Crippen LogP contribution in [0.5, 0.6) is 0 Å². The second kappa shape index (κ2) is 5.28. The fraction of sp³-hybridized carbons (Fsp3) is 0.600. The fourth-order valence-corrected chi connectivity index (χ4v) is 2.26. The minimum atomic E-state index is -4.79. The first-order chi connectivity index (χ1) is 9.25. The van der Waals surface area contributed by atoms with Gasteiger partial charge in [-0.1, -0.05) is 12.2 Å². The molecule has 2 rings (SSSR count). The molecule has 10 heteroatoms. The molecule has 1 aromatic heterocycles. The molecule has 0 spiro atoms. The maximum absolute atomic E-state index is 13.0. The molecule has 1 saturated heterocycles. The number of rotatable bonds is 2. The molecule has 1 aromatic rings. The second-order valence-electron chi connectivity index (χ2n) is 4.32. The van der Waals surface area contributed by atoms with Gasteiger partial charge >= 0.3 is 11.9 Å². The Kier molecular flexibility index (Phi) is 4.00. The molecule has 1 unspecified atom stereocenters. The van der Waals surface area contributed by atoms with Crippen LogP contribution in [0.25, 0.3) is 0 Å². The standard InChI is InChI=1S/C10H11F3N2O4S/c11-10(12,13)6-7(17)4(3-16)19-8(6)15-2-1-5(20)14-9(15)18/h1-2,4,6-8,16-17H,3H2,(H,14,18,20)/t4-,6+,7?,8-/m1/s1. The van der Waals surface area contributed by atoms with E-state index in [1.807, 2.05) is 0 Å². The van der Waals surface area contributed by atoms with Gasteiger partial charge in [0.2, 0.25) is 0 Å². The van der Waals surface area contributed by atoms with Crippen molar-refractivity contribution in [2.75, 3.05) is 6.61 Å². The number of alkyl halides is 3. The number of aliphatic hydroxyl groups excluding tert-OH is 2. The van der Waals surface area contributed by atoms with Gasteiger partial charge < -0.3 is 14.9 Å². The maximum atomic E-state index is 13.0. The summed E-state index contributed by atoms with van der Waals surface area (Å²) in [5.74, 6) is -2.32. The Bertz CT molecular complexity index is 599. The van der Waals surface area contributed by atoms with Gasteiger partial charge in [-0.2, -0.15) is 13.2 Å². The van der Waals surface area contributed by atoms with Crippen molar-refractivity contribution in [1.29, 1.82) is 0 Å². The predicted molar refractivity (Wildman–Crippen MR) is 62.4 cm³/mol. The molecular formula is C10H11F3N2O4S. The molecule has 1 fully saturated rings. The molecule has 112 valence electrons. The van der Waals surface area contributed by atoms with E-state index in [-0.39, 0.29) is 4.64 Å². The summed E-state index contributed by atoms with van der Waals surface area (Å²) in [5, 5.41) is 18.5. The second-order valence-corrected chi connectivity index (χ2v) is 4.76. The first-order valence-corrected chi connectivity index (χ1v) is 5.99. The third kappa shape index (κ3) is 2.64. The molecule has 20 heavy (non-hydrogen) atoms. The lowest BCUT2D eigenvalue weighted by Crippen LogP contribution is -2.40. The van der Waals surface area contributed by atoms with E-state index in [2.05, 4.69) is 17.2 Å². The molecule has 3 N–H and O–H groups in total. The Morgan fingerprint density at radius 1 is 1.50 bits per heavy atom. The van der Waals surface area contributed by atoms with Gasteiger partial charge in [-0.15, -0.1) is 0 Å². The van der Waals surface area contributed by atoms with Crippen LogP contribution in [0.3, 0.4) is 0 Å². The summed E-state index contributed by atoms with van der Waals surface area (Å²) in [6, 6.07) is 1.23. The zero-order valence-corrected chi connectivity index (χ0v) is 10.7. The highest BCUT2D eigenvalue weighted by molar-refractivity contribution is 7.71. The van der Waals surface area contributed by atoms with E-state index in [4.69, 9.17) is 9.84 Å². The topological polar surface area (TPSA) is 87.5 Å². The Hall–Kier alpha value is -1.23. The summed E-state index contributed by atoms with van der Waals surface area (Å²) in [5.41, 5.74) is -0.887. The summed E-state index contributed by atoms with van der Waals surface area (Å²) in [6.07, 6.45) is -8.87. The average Bonchev–Trinajstić information content (AvgIpc) is 2.65. The van der Waals surface area contributed by atoms with Crippen LogP contribution >= 0.6 is 12.2 Å². The van der Waals surface area contributed by atoms with Crippen molar-refractivity contribution >= 4 is 12.2 Å². The van der Waals surface area contributed by atoms with Crippen LogP contribution in [0, 0.1) is 10.6 Å². The van der Waals surface area contributed by atoms with Crippen molar-refractivity contribution < 1.29 is 28.1 Å². The van der Waals surface area contributed by atoms with E-state index in [1.54, 1.807) is 0 Å². The number of halogens is 3. The third-order valence-corrected chi connectivity index (χ3v) is 3.29. The highest BCUT2D eigenvalue weighted by Crippen LogP contribution is 2.44. The van der Waals surface area contributed by atoms with E-state index in [0.717, 1.165) is 6.20 Å². The van der Waals surface area contributed by atoms with Gasteiger partial charge in [-0.3, -0.25) is 9.55 Å². The minimum absolute atomic E-state index is 0.0621. The molecule has 6 nitrogen and oxygen atoms in total. The van der Waals surface area contributed by atoms with Gasteiger partial charge in [-0.05, 0) is 6.07 Å². The molecule has 1 aliphatic rings. The Balaban J connectivity index is 2.47. The van der Waals surface area contributed by atoms with Gasteiger partial charge in [0, 0.05) is 6.20 Å². The number of nitrogens with zero attached hydrogens (tertiary/aromatic N) is 1. The van der Waals surface area contributed by atoms with Crippen molar-refractivity contribution in [2.24, 2.45) is 5.92 Å². The molecule has 1 aliphatic heterocycles. The number of hydrogen-bond acceptors (Lipinski definition) is 5. The van der Waals surface area contributed by atoms with Gasteiger partial charge in [0.25, 0.3) is 0 Å². The van der Waals surface area contributed by atoms with Crippen LogP contribution in [-0.4, -0.2) is 44.8 Å². The van der Waals surface area contributed by atoms with Gasteiger partial charge in [0.05, 0.1) is 12.7 Å². The van der Waals surface area contributed by atoms with Crippen LogP contribution in [0.4, 0.5) is 13.2 Å². The number of nitrogens with one attached hydrogen (secondary N) is 1. The summed E-state index contributed by atoms with van der Waals surface area (Å²) in [6.45, 7) is -0.790. The smallest absolute Gasteiger partial charge is 0.394 e. The quantitative estimate of drug-likeness (QED) is 0.685. The average molecular weight is 312 g/mol. The normalized spacial score (nSPS) is 30.6. The number of aromatic amines is 1. The fourth-order valence-electron chi connectivity index (χ4n) is 2.12. The Labute approximate surface area is 115 Å². The van der Waals surface area contributed by atoms with Gasteiger partial charge in [-0.25, -0.2) is 4.79 Å². The predicted octanol–water partition coefficient (Wildman–Crippen LogP) is 0.335. The number of H-pyrrole nitrogens is 1. The van der Waals surface area contributed by atoms with Crippen LogP contribution < -0.4 is 5.69 Å². The van der Waals surface area contributed by atoms with Crippen molar-refractivity contribution in [3.05, 3.63) is 27.4 Å². The molecule has 2 heterocycles. The molecule has 0 saturated carbocycles. The number of aromatic nitrogens is 2. The van der Waals surface area contributed by atoms with Crippen molar-refractivity contribution in [2.45, 2.75) is 24.6 Å². The van der Waals surface area contributed by atoms with Crippen LogP contribution in [0.15, 0.2) is 17.1 Å². The first kappa shape index (κ1) is 15.2. The number of ether oxygens (including phenoxy) is 1. The minimum Gasteiger partial charge on any atom is -0.394 e. The largest absolute Gasteiger partial charge is 0.398 e. The summed E-state index contributed by atoms with van der Waals surface area (Å²) < 4.78 is 44.7. The molecule has 0 aliphatic carbocycles. The van der Waals surface area contributed by atoms with Crippen LogP contribution in [-0.2, 0) is 4.74 Å². The highest BCUT2D eigenvalue weighted by Gasteiger charge is 2.58. The summed E-state index contributed by atoms with van der Waals surface area (Å²) in [7, 11) is 0. The molecule has 0 bridgehead atoms. The SMILES string of the molecule is O=c1[nH]c(=S)ccn1[C@@H]1O[C@H](CO)C(O)[C@@H]1C(F)(F)F. The van der Waals surface area contributed by atoms with Gasteiger partial charge in [0.15, 0.2) is 6.23 Å². The van der Waals surface area contributed by atoms with E-state index < -0.39 is 42.8 Å². The third-order valence-electron chi connectivity index (χ3n) is 3.05. The molecule has 0 aromatic carbocycles. The van der Waals surface area contributed by atoms with Gasteiger partial charge in [0.1, 0.15) is 16.7 Å². The lowest BCUT2D eigenvalue weighted by atomic mass is 9.99. The van der Waals surface area contributed by atoms with Crippen molar-refractivity contribution in [1.82, 2.24) is 9.55 Å². The van der Waals surface area contributed by atoms with Crippen molar-refractivity contribution in [3.8, 4) is 0 Å². The molecular weight excluding hydrogens is 301 g/mol. The number of aliphatic hydroxyl groups is 2. The van der Waals surface area contributed by atoms with E-state index >= 15 is 0 Å². The Morgan fingerprint density at radius 3 is 2.65 bits per heavy atom. The summed E-state index contributed by atoms with van der Waals surface area (Å²) >= 11 is 4.68. The molecule has 0 radical (unpaired) electrons. The monoisotopic (exact) mass is 312 g/mol. The highest BCUT2D eigenvalue weighted by atomic mass is 32.1. The van der Waals surface area contributed by atoms with E-state index in [0.29, 0.717) is 4.57 Å². The maximum Gasteiger partial charge on any atom is 0.398 e. The summed E-state index contributed by atoms with van der Waals surface area (Å²) in [4.78, 5) is 13.8. The van der Waals surface area contributed by atoms with E-state index in [9.17, 15) is 23.1 Å². The lowest BCUT2D eigenvalue weighted by molar-refractivity contribution is -0.211. The lowest BCUT2D eigenvalue weighted by Gasteiger charge is -2.23. The first-order valence-electron chi connectivity index (χ1n) is 5.58. The van der Waals surface area contributed by atoms with E-state index in [1.165, 1.54) is 6.07 Å². The Morgan fingerprint density at radius 2 is 2.15 bits per heavy atom. The van der Waals surface area contributed by atoms with Crippen LogP contribution in [0.1, 0.15) is 6.23 Å². The molecule has 4 atom stereocenters. The van der Waals surface area contributed by atoms with Crippen LogP contribution in [0.2, 0.25) is 0 Å². The number of hydrogen-bond donors (Lipinski definition) is 3. The zero-order valence-electron chi connectivity index (χ0n) is 9.87. The molecule has 0 amide bonds. The van der Waals surface area contributed by atoms with Crippen molar-refractivity contribution in [3.63, 3.8) is 0 Å². The zero-order chi connectivity index (χ0) is 15.1.